The van der Waals surface area contributed by atoms with Crippen LogP contribution in [0.1, 0.15) is 107 Å². The summed E-state index contributed by atoms with van der Waals surface area (Å²) in [6, 6.07) is 13.0. The molecule has 0 aliphatic carbocycles. The number of H-pyrrole nitrogens is 1. The van der Waals surface area contributed by atoms with Crippen LogP contribution in [0.2, 0.25) is 5.02 Å². The van der Waals surface area contributed by atoms with Crippen LogP contribution in [0.4, 0.5) is 28.4 Å². The Balaban J connectivity index is 0.878. The van der Waals surface area contributed by atoms with Crippen molar-refractivity contribution in [1.82, 2.24) is 63.1 Å². The molecule has 44 heteroatoms. The van der Waals surface area contributed by atoms with Crippen molar-refractivity contribution in [3.8, 4) is 11.5 Å². The fourth-order valence-electron chi connectivity index (χ4n) is 15.6. The van der Waals surface area contributed by atoms with E-state index >= 15 is 19.2 Å². The van der Waals surface area contributed by atoms with Crippen LogP contribution in [0.25, 0.3) is 10.9 Å². The number of aromatic nitrogens is 1. The first-order valence-corrected chi connectivity index (χ1v) is 49.2. The third-order valence-corrected chi connectivity index (χ3v) is 29.0. The predicted octanol–water partition coefficient (Wildman–Crippen LogP) is 5.87. The van der Waals surface area contributed by atoms with Gasteiger partial charge in [-0.2, -0.15) is 13.2 Å². The monoisotopic (exact) mass is 1990 g/mol. The summed E-state index contributed by atoms with van der Waals surface area (Å²) in [5.41, 5.74) is 11.6. The van der Waals surface area contributed by atoms with Gasteiger partial charge in [0.1, 0.15) is 94.8 Å². The number of benzene rings is 5. The number of alkyl halides is 3. The predicted molar refractivity (Wildman–Crippen MR) is 507 cm³/mol. The van der Waals surface area contributed by atoms with Crippen LogP contribution < -0.4 is 74.3 Å². The Kier molecular flexibility index (Phi) is 38.6. The van der Waals surface area contributed by atoms with Crippen molar-refractivity contribution >= 4 is 149 Å². The molecule has 4 aliphatic heterocycles. The van der Waals surface area contributed by atoms with E-state index in [1.54, 1.807) is 105 Å². The van der Waals surface area contributed by atoms with Gasteiger partial charge in [0.15, 0.2) is 5.72 Å². The number of nitrogens with one attached hydrogen (secondary N) is 11. The van der Waals surface area contributed by atoms with Crippen molar-refractivity contribution in [2.75, 3.05) is 62.8 Å². The number of hydrogen-bond donors (Lipinski definition) is 16. The maximum absolute atomic E-state index is 15.4. The van der Waals surface area contributed by atoms with Gasteiger partial charge in [-0.25, -0.2) is 14.4 Å². The number of halogens is 4. The lowest BCUT2D eigenvalue weighted by atomic mass is 9.83. The Morgan fingerprint density at radius 1 is 0.801 bits per heavy atom. The molecule has 136 heavy (non-hydrogen) atoms. The maximum Gasteiger partial charge on any atom is 0.416 e. The Labute approximate surface area is 804 Å². The summed E-state index contributed by atoms with van der Waals surface area (Å²) in [6.07, 6.45) is -5.89. The highest BCUT2D eigenvalue weighted by Gasteiger charge is 2.65. The summed E-state index contributed by atoms with van der Waals surface area (Å²) in [7, 11) is 9.37. The number of likely N-dealkylation sites (N-methyl/N-ethyl adjacent to an activating group) is 1. The summed E-state index contributed by atoms with van der Waals surface area (Å²) < 4.78 is 70.2. The number of urea groups is 1. The summed E-state index contributed by atoms with van der Waals surface area (Å²) in [6.45, 7) is 7.62. The summed E-state index contributed by atoms with van der Waals surface area (Å²) in [5.74, 6) is -12.1. The largest absolute Gasteiger partial charge is 0.508 e. The number of phenols is 1. The summed E-state index contributed by atoms with van der Waals surface area (Å²) in [5, 5.41) is 60.8. The number of amides is 13. The van der Waals surface area contributed by atoms with Crippen molar-refractivity contribution in [2.45, 2.75) is 208 Å². The number of carbonyl (C=O) groups is 13. The maximum atomic E-state index is 15.4. The van der Waals surface area contributed by atoms with Gasteiger partial charge in [0.05, 0.1) is 37.0 Å². The van der Waals surface area contributed by atoms with Crippen molar-refractivity contribution < 1.29 is 115 Å². The number of rotatable bonds is 30. The zero-order chi connectivity index (χ0) is 99.0. The zero-order valence-electron chi connectivity index (χ0n) is 76.1. The minimum atomic E-state index is -4.65. The van der Waals surface area contributed by atoms with Gasteiger partial charge in [-0.15, -0.1) is 0 Å². The number of nitrogens with zero attached hydrogens (tertiary/aromatic N) is 2. The highest BCUT2D eigenvalue weighted by Crippen LogP contribution is 2.50. The Hall–Kier alpha value is -11.3. The second-order valence-corrected chi connectivity index (χ2v) is 39.4. The molecule has 1 aromatic heterocycles. The van der Waals surface area contributed by atoms with E-state index in [1.807, 2.05) is 6.92 Å². The normalized spacial score (nSPS) is 25.0. The van der Waals surface area contributed by atoms with Crippen molar-refractivity contribution in [2.24, 2.45) is 17.4 Å². The lowest BCUT2D eigenvalue weighted by Gasteiger charge is -2.42. The van der Waals surface area contributed by atoms with Crippen LogP contribution in [-0.2, 0) is 110 Å². The molecule has 3 saturated heterocycles. The van der Waals surface area contributed by atoms with Gasteiger partial charge in [-0.1, -0.05) is 158 Å². The lowest BCUT2D eigenvalue weighted by Crippen LogP contribution is -2.63. The summed E-state index contributed by atoms with van der Waals surface area (Å²) >= 11 is 6.90. The number of ether oxygens (including phenoxy) is 5. The number of unbranched alkanes of at least 4 members (excludes halogenated alkanes) is 1. The van der Waals surface area contributed by atoms with Gasteiger partial charge in [0, 0.05) is 106 Å². The minimum absolute atomic E-state index is 0.0221. The van der Waals surface area contributed by atoms with E-state index in [9.17, 15) is 71.6 Å². The van der Waals surface area contributed by atoms with E-state index < -0.39 is 209 Å². The Morgan fingerprint density at radius 2 is 1.46 bits per heavy atom. The van der Waals surface area contributed by atoms with Gasteiger partial charge in [0.2, 0.25) is 59.1 Å². The number of aliphatic hydroxyl groups is 2. The molecule has 17 atom stereocenters. The minimum Gasteiger partial charge on any atom is -0.508 e. The number of alkyl carbamates (subject to hydrolysis) is 1. The van der Waals surface area contributed by atoms with Crippen molar-refractivity contribution in [1.29, 1.82) is 0 Å². The molecule has 5 heterocycles. The zero-order valence-corrected chi connectivity index (χ0v) is 80.2. The molecule has 4 aliphatic rings. The molecule has 0 radical (unpaired) electrons. The van der Waals surface area contributed by atoms with Gasteiger partial charge in [0.25, 0.3) is 0 Å². The van der Waals surface area contributed by atoms with E-state index in [0.717, 1.165) is 77.9 Å². The van der Waals surface area contributed by atoms with Crippen molar-refractivity contribution in [3.05, 3.63) is 184 Å². The standard InChI is InChI=1S/C92H115ClF3N15O21S4/c1-49-18-17-24-72(129-9)91(127)43-71(130-89(126)109-91)50(2)78-90(5,132-78)73(42-75(115)111(7)69-39-56(36-49)40-70(128-8)76(69)93)131-87(124)51(3)110(6)74(114)33-35-133-134-46-66(79(98)116)104-85(122)68-48-136-135-47-67(105-82(119)64(37-53-19-11-10-12-20-53)107-88(125)100-44-55-25-29-58(30-26-55)92(94,95)96)84(121)102-63(38-54-27-31-59(113)32-28-54)81(118)103-65(41-57-45-99-61-22-14-13-21-60(57)61)83(120)101-62(23-15-16-34-97)80(117)108-77(52(4)112)86(123)106-68/h10-14,17-22,24-32,39-40,45,50-52,62-68,71-73,77-78,99,112-113,127H,15-16,23,33-38,41-44,46-48,97H2,1-9H3,(H2,98,116)(H,101,120)(H,102,121)(H,103,118)(H,104,122)(H,105,119)(H,106,123)(H,108,117)(H,109,126)(H2,100,107,125)/b24-17+,49-18+/t50-,51+,52-,62+,63+,64-,65-,66+,67+,68+,71+,72-,73+,77+,78+,90+,91+/m1/s1. The number of aliphatic hydroxyl groups excluding tert-OH is 1. The molecule has 6 aromatic rings. The number of para-hydroxylation sites is 1. The molecule has 0 saturated carbocycles. The van der Waals surface area contributed by atoms with E-state index in [2.05, 4.69) is 58.2 Å². The number of methoxy groups -OCH3 is 2. The Morgan fingerprint density at radius 3 is 2.14 bits per heavy atom. The highest BCUT2D eigenvalue weighted by molar-refractivity contribution is 8.77. The number of aromatic hydroxyl groups is 1. The number of epoxide rings is 1. The molecule has 13 amide bonds. The lowest BCUT2D eigenvalue weighted by molar-refractivity contribution is -0.162. The topological polar surface area (TPSA) is 527 Å². The number of anilines is 1. The van der Waals surface area contributed by atoms with Crippen LogP contribution in [0, 0.1) is 5.92 Å². The fraction of sp³-hybridized carbons (Fsp3) is 0.467. The molecular formula is C92H115ClF3N15O21S4. The third kappa shape index (κ3) is 29.4. The first kappa shape index (κ1) is 107. The SMILES string of the molecule is COc1cc2cc(c1Cl)N(C)C(=O)C[C@H](OC(=O)[C@H](C)N(C)C(=O)CCSSC[C@H](NC(=O)[C@@H]1CSSC[C@H](NC(=O)[C@@H](Cc3ccccc3)NC(=O)NCc3ccc(C(F)(F)F)cc3)C(=O)N[C@@H](Cc3ccc(O)cc3)C(=O)N[C@H](Cc3c[nH]c4ccccc34)C(=O)N[C@@H](CCCCN)C(=O)N[C@@H]([C@@H](C)O)C(=O)N1)C(N)=O)[C@]1(C)O[C@H]1[C@H](C)[C@@H]1C[C@@](O)(NC(=O)O1)[C@H](OC)/C=C/C=C(\C)C2. The highest BCUT2D eigenvalue weighted by atomic mass is 35.5. The Bertz CT molecular complexity index is 5330. The van der Waals surface area contributed by atoms with Gasteiger partial charge in [-0.05, 0) is 130 Å². The second-order valence-electron chi connectivity index (χ2n) is 33.8. The number of nitrogens with two attached hydrogens (primary N) is 2. The number of primary amides is 1. The molecule has 0 spiro atoms. The number of carbonyl (C=O) groups excluding carboxylic acids is 13. The summed E-state index contributed by atoms with van der Waals surface area (Å²) in [4.78, 5) is 195. The van der Waals surface area contributed by atoms with Crippen LogP contribution in [0.5, 0.6) is 11.5 Å². The molecule has 0 unspecified atom stereocenters. The average molecular weight is 1990 g/mol. The smallest absolute Gasteiger partial charge is 0.416 e. The molecular weight excluding hydrogens is 1870 g/mol. The molecule has 3 fully saturated rings. The van der Waals surface area contributed by atoms with E-state index in [0.29, 0.717) is 46.0 Å². The fourth-order valence-corrected chi connectivity index (χ4v) is 20.4. The second kappa shape index (κ2) is 49.1. The third-order valence-electron chi connectivity index (χ3n) is 23.7. The number of esters is 1. The number of phenolic OH excluding ortho intramolecular Hbond substituents is 1. The molecule has 18 N–H and O–H groups in total. The van der Waals surface area contributed by atoms with Gasteiger partial charge in [-0.3, -0.25) is 53.3 Å². The molecule has 36 nitrogen and oxygen atoms in total. The van der Waals surface area contributed by atoms with Crippen LogP contribution >= 0.6 is 54.8 Å². The average Bonchev–Trinajstić information content (AvgIpc) is 1.57. The number of hydrogen-bond acceptors (Lipinski definition) is 26. The van der Waals surface area contributed by atoms with Crippen LogP contribution in [-0.4, -0.2) is 256 Å². The van der Waals surface area contributed by atoms with Gasteiger partial charge >= 0.3 is 24.3 Å². The van der Waals surface area contributed by atoms with E-state index in [1.165, 1.54) is 71.3 Å². The van der Waals surface area contributed by atoms with Crippen LogP contribution in [0.15, 0.2) is 145 Å². The van der Waals surface area contributed by atoms with Gasteiger partial charge < -0.3 is 113 Å². The number of aromatic amines is 1. The van der Waals surface area contributed by atoms with Crippen LogP contribution in [0.3, 0.4) is 0 Å². The molecule has 5 aromatic carbocycles. The first-order chi connectivity index (χ1) is 64.6. The van der Waals surface area contributed by atoms with E-state index in [4.69, 9.17) is 46.8 Å². The molecule has 736 valence electrons. The number of fused-ring (bicyclic) bond motifs is 6. The molecule has 10 rings (SSSR count). The number of allylic oxidation sites excluding steroid dienone is 3. The first-order valence-electron chi connectivity index (χ1n) is 43.8. The van der Waals surface area contributed by atoms with Crippen molar-refractivity contribution in [3.63, 3.8) is 0 Å². The van der Waals surface area contributed by atoms with E-state index in [-0.39, 0.29) is 97.3 Å². The quantitative estimate of drug-likeness (QED) is 0.0108. The molecule has 4 bridgehead atoms.